The molecule has 138 valence electrons. The molecule has 3 heterocycles. The Hall–Kier alpha value is -3.28. The maximum atomic E-state index is 12.2. The van der Waals surface area contributed by atoms with E-state index in [1.807, 2.05) is 49.5 Å². The first kappa shape index (κ1) is 18.5. The molecule has 27 heavy (non-hydrogen) atoms. The summed E-state index contributed by atoms with van der Waals surface area (Å²) in [5, 5.41) is 6.22. The second-order valence-corrected chi connectivity index (χ2v) is 6.27. The van der Waals surface area contributed by atoms with Gasteiger partial charge in [-0.3, -0.25) is 14.8 Å². The van der Waals surface area contributed by atoms with E-state index in [4.69, 9.17) is 0 Å². The first-order chi connectivity index (χ1) is 13.2. The fourth-order valence-electron chi connectivity index (χ4n) is 2.67. The number of anilines is 1. The average molecular weight is 361 g/mol. The van der Waals surface area contributed by atoms with Crippen LogP contribution in [0.2, 0.25) is 0 Å². The van der Waals surface area contributed by atoms with Crippen LogP contribution in [0.3, 0.4) is 0 Å². The highest BCUT2D eigenvalue weighted by Gasteiger charge is 2.08. The number of carbonyl (C=O) groups excluding carboxylic acids is 1. The van der Waals surface area contributed by atoms with Crippen LogP contribution in [0.15, 0.2) is 67.3 Å². The normalized spacial score (nSPS) is 11.6. The van der Waals surface area contributed by atoms with Gasteiger partial charge in [-0.05, 0) is 55.7 Å². The molecule has 0 aliphatic carbocycles. The van der Waals surface area contributed by atoms with E-state index in [1.165, 1.54) is 0 Å². The van der Waals surface area contributed by atoms with Crippen molar-refractivity contribution in [3.05, 3.63) is 84.1 Å². The third-order valence-electron chi connectivity index (χ3n) is 4.20. The van der Waals surface area contributed by atoms with Gasteiger partial charge in [-0.15, -0.1) is 0 Å². The number of nitrogens with one attached hydrogen (secondary N) is 2. The van der Waals surface area contributed by atoms with Crippen molar-refractivity contribution in [3.8, 4) is 0 Å². The van der Waals surface area contributed by atoms with Gasteiger partial charge in [0.2, 0.25) is 0 Å². The highest BCUT2D eigenvalue weighted by atomic mass is 16.1. The van der Waals surface area contributed by atoms with Crippen molar-refractivity contribution < 1.29 is 4.79 Å². The molecule has 1 amide bonds. The molecule has 0 aromatic carbocycles. The summed E-state index contributed by atoms with van der Waals surface area (Å²) in [7, 11) is 0. The number of aryl methyl sites for hydroxylation is 1. The predicted octanol–water partition coefficient (Wildman–Crippen LogP) is 3.41. The number of hydrogen-bond acceptors (Lipinski definition) is 5. The Balaban J connectivity index is 1.45. The van der Waals surface area contributed by atoms with Crippen LogP contribution in [0.5, 0.6) is 0 Å². The topological polar surface area (TPSA) is 79.8 Å². The zero-order valence-electron chi connectivity index (χ0n) is 15.3. The lowest BCUT2D eigenvalue weighted by Gasteiger charge is -2.14. The van der Waals surface area contributed by atoms with E-state index in [-0.39, 0.29) is 11.9 Å². The Morgan fingerprint density at radius 2 is 1.96 bits per heavy atom. The fourth-order valence-corrected chi connectivity index (χ4v) is 2.67. The summed E-state index contributed by atoms with van der Waals surface area (Å²) in [6.45, 7) is 2.65. The van der Waals surface area contributed by atoms with Crippen LogP contribution in [-0.4, -0.2) is 27.4 Å². The van der Waals surface area contributed by atoms with E-state index in [0.717, 1.165) is 29.9 Å². The summed E-state index contributed by atoms with van der Waals surface area (Å²) >= 11 is 0. The van der Waals surface area contributed by atoms with E-state index >= 15 is 0 Å². The zero-order valence-corrected chi connectivity index (χ0v) is 15.3. The number of rotatable bonds is 8. The molecular formula is C21H23N5O. The summed E-state index contributed by atoms with van der Waals surface area (Å²) < 4.78 is 0. The van der Waals surface area contributed by atoms with Gasteiger partial charge in [0.05, 0.1) is 11.6 Å². The summed E-state index contributed by atoms with van der Waals surface area (Å²) in [6.07, 6.45) is 8.63. The third kappa shape index (κ3) is 5.60. The molecule has 6 heteroatoms. The van der Waals surface area contributed by atoms with E-state index in [9.17, 15) is 4.79 Å². The number of amides is 1. The number of pyridine rings is 3. The molecule has 0 aliphatic heterocycles. The average Bonchev–Trinajstić information content (AvgIpc) is 2.73. The molecule has 0 saturated carbocycles. The highest BCUT2D eigenvalue weighted by molar-refractivity contribution is 5.94. The smallest absolute Gasteiger partial charge is 0.252 e. The summed E-state index contributed by atoms with van der Waals surface area (Å²) in [6, 6.07) is 13.4. The Morgan fingerprint density at radius 3 is 2.67 bits per heavy atom. The Labute approximate surface area is 159 Å². The fraction of sp³-hybridized carbons (Fsp3) is 0.238. The van der Waals surface area contributed by atoms with Crippen molar-refractivity contribution in [1.82, 2.24) is 20.3 Å². The first-order valence-corrected chi connectivity index (χ1v) is 9.03. The molecule has 2 N–H and O–H groups in total. The molecule has 1 atom stereocenters. The molecule has 3 rings (SSSR count). The van der Waals surface area contributed by atoms with Crippen molar-refractivity contribution in [1.29, 1.82) is 0 Å². The Kier molecular flexibility index (Phi) is 6.46. The predicted molar refractivity (Wildman–Crippen MR) is 105 cm³/mol. The first-order valence-electron chi connectivity index (χ1n) is 9.03. The summed E-state index contributed by atoms with van der Waals surface area (Å²) in [5.74, 6) is 0.605. The van der Waals surface area contributed by atoms with Crippen molar-refractivity contribution in [2.75, 3.05) is 11.9 Å². The lowest BCUT2D eigenvalue weighted by Crippen LogP contribution is -2.25. The number of hydrogen-bond donors (Lipinski definition) is 2. The van der Waals surface area contributed by atoms with E-state index in [1.54, 1.807) is 24.7 Å². The maximum absolute atomic E-state index is 12.2. The van der Waals surface area contributed by atoms with Gasteiger partial charge in [0.1, 0.15) is 5.82 Å². The molecule has 0 bridgehead atoms. The minimum Gasteiger partial charge on any atom is -0.363 e. The van der Waals surface area contributed by atoms with E-state index < -0.39 is 0 Å². The molecular weight excluding hydrogens is 338 g/mol. The van der Waals surface area contributed by atoms with Gasteiger partial charge in [0.15, 0.2) is 0 Å². The van der Waals surface area contributed by atoms with Crippen LogP contribution < -0.4 is 10.6 Å². The lowest BCUT2D eigenvalue weighted by molar-refractivity contribution is 0.0953. The van der Waals surface area contributed by atoms with Crippen LogP contribution >= 0.6 is 0 Å². The second-order valence-electron chi connectivity index (χ2n) is 6.27. The number of nitrogens with zero attached hydrogens (tertiary/aromatic N) is 3. The Bertz CT molecular complexity index is 837. The van der Waals surface area contributed by atoms with Crippen LogP contribution in [-0.2, 0) is 6.42 Å². The molecule has 0 aliphatic rings. The van der Waals surface area contributed by atoms with Gasteiger partial charge in [-0.1, -0.05) is 12.1 Å². The quantitative estimate of drug-likeness (QED) is 0.601. The van der Waals surface area contributed by atoms with Gasteiger partial charge in [0.25, 0.3) is 5.91 Å². The maximum Gasteiger partial charge on any atom is 0.252 e. The van der Waals surface area contributed by atoms with Crippen LogP contribution in [0.4, 0.5) is 5.82 Å². The van der Waals surface area contributed by atoms with Crippen molar-refractivity contribution in [3.63, 3.8) is 0 Å². The highest BCUT2D eigenvalue weighted by Crippen LogP contribution is 2.16. The van der Waals surface area contributed by atoms with Crippen molar-refractivity contribution in [2.45, 2.75) is 25.8 Å². The van der Waals surface area contributed by atoms with E-state index in [2.05, 4.69) is 25.6 Å². The summed E-state index contributed by atoms with van der Waals surface area (Å²) in [4.78, 5) is 25.0. The summed E-state index contributed by atoms with van der Waals surface area (Å²) in [5.41, 5.74) is 2.66. The van der Waals surface area contributed by atoms with Crippen LogP contribution in [0.25, 0.3) is 0 Å². The largest absolute Gasteiger partial charge is 0.363 e. The van der Waals surface area contributed by atoms with Gasteiger partial charge < -0.3 is 10.6 Å². The monoisotopic (exact) mass is 361 g/mol. The van der Waals surface area contributed by atoms with E-state index in [0.29, 0.717) is 12.1 Å². The Morgan fingerprint density at radius 1 is 1.04 bits per heavy atom. The second kappa shape index (κ2) is 9.43. The molecule has 6 nitrogen and oxygen atoms in total. The lowest BCUT2D eigenvalue weighted by atomic mass is 10.1. The van der Waals surface area contributed by atoms with Crippen LogP contribution in [0, 0.1) is 0 Å². The SMILES string of the molecule is CC(Nc1ccc(C(=O)NCCCc2ccccn2)cn1)c1cccnc1. The zero-order chi connectivity index (χ0) is 18.9. The molecule has 0 saturated heterocycles. The standard InChI is InChI=1S/C21H23N5O/c1-16(17-6-4-11-22-14-17)26-20-10-9-18(15-25-20)21(27)24-13-5-8-19-7-2-3-12-23-19/h2-4,6-7,9-12,14-16H,5,8,13H2,1H3,(H,24,27)(H,25,26). The van der Waals surface area contributed by atoms with Crippen LogP contribution in [0.1, 0.15) is 41.0 Å². The molecule has 0 spiro atoms. The van der Waals surface area contributed by atoms with Gasteiger partial charge >= 0.3 is 0 Å². The number of carbonyl (C=O) groups is 1. The molecule has 0 fully saturated rings. The molecule has 1 unspecified atom stereocenters. The third-order valence-corrected chi connectivity index (χ3v) is 4.20. The van der Waals surface area contributed by atoms with Crippen molar-refractivity contribution >= 4 is 11.7 Å². The van der Waals surface area contributed by atoms with Crippen molar-refractivity contribution in [2.24, 2.45) is 0 Å². The van der Waals surface area contributed by atoms with Gasteiger partial charge in [-0.2, -0.15) is 0 Å². The number of aromatic nitrogens is 3. The van der Waals surface area contributed by atoms with Gasteiger partial charge in [0, 0.05) is 37.0 Å². The minimum absolute atomic E-state index is 0.0810. The van der Waals surface area contributed by atoms with Gasteiger partial charge in [-0.25, -0.2) is 4.98 Å². The minimum atomic E-state index is -0.115. The molecule has 0 radical (unpaired) electrons. The molecule has 3 aromatic rings. The molecule has 3 aromatic heterocycles.